The van der Waals surface area contributed by atoms with Crippen LogP contribution in [0.25, 0.3) is 0 Å². The summed E-state index contributed by atoms with van der Waals surface area (Å²) in [6.45, 7) is 13.1. The van der Waals surface area contributed by atoms with Gasteiger partial charge in [-0.05, 0) is 80.3 Å². The molecule has 1 spiro atoms. The lowest BCUT2D eigenvalue weighted by molar-refractivity contribution is -0.937. The molecule has 29 heavy (non-hydrogen) atoms. The predicted molar refractivity (Wildman–Crippen MR) is 119 cm³/mol. The molecule has 2 fully saturated rings. The van der Waals surface area contributed by atoms with Crippen molar-refractivity contribution in [3.8, 4) is 11.5 Å². The number of nitrogens with zero attached hydrogens (tertiary/aromatic N) is 1. The molecule has 0 unspecified atom stereocenters. The minimum absolute atomic E-state index is 0.0482. The molecule has 3 heteroatoms. The molecule has 2 aliphatic heterocycles. The van der Waals surface area contributed by atoms with E-state index in [4.69, 9.17) is 0 Å². The molecule has 3 nitrogen and oxygen atoms in total. The number of aromatic hydroxyl groups is 2. The van der Waals surface area contributed by atoms with Crippen molar-refractivity contribution in [2.24, 2.45) is 0 Å². The van der Waals surface area contributed by atoms with Crippen molar-refractivity contribution in [2.75, 3.05) is 26.2 Å². The van der Waals surface area contributed by atoms with Crippen molar-refractivity contribution in [3.05, 3.63) is 57.6 Å². The van der Waals surface area contributed by atoms with Crippen molar-refractivity contribution in [3.63, 3.8) is 0 Å². The van der Waals surface area contributed by atoms with Crippen molar-refractivity contribution < 1.29 is 14.7 Å². The minimum atomic E-state index is -0.0482. The highest BCUT2D eigenvalue weighted by molar-refractivity contribution is 5.52. The molecule has 2 N–H and O–H groups in total. The molecule has 4 rings (SSSR count). The lowest BCUT2D eigenvalue weighted by atomic mass is 9.66. The van der Waals surface area contributed by atoms with Crippen LogP contribution >= 0.6 is 0 Å². The largest absolute Gasteiger partial charge is 0.507 e. The van der Waals surface area contributed by atoms with Crippen LogP contribution in [0.4, 0.5) is 0 Å². The van der Waals surface area contributed by atoms with E-state index in [0.717, 1.165) is 35.1 Å². The van der Waals surface area contributed by atoms with Gasteiger partial charge in [-0.1, -0.05) is 24.3 Å². The molecule has 0 saturated carbocycles. The van der Waals surface area contributed by atoms with E-state index in [2.05, 4.69) is 24.3 Å². The Balaban J connectivity index is 1.82. The highest BCUT2D eigenvalue weighted by atomic mass is 16.3. The first-order chi connectivity index (χ1) is 13.8. The van der Waals surface area contributed by atoms with Gasteiger partial charge in [0, 0.05) is 18.3 Å². The number of hydrogen-bond acceptors (Lipinski definition) is 2. The maximum atomic E-state index is 10.4. The van der Waals surface area contributed by atoms with E-state index < -0.39 is 0 Å². The number of benzene rings is 2. The molecule has 2 heterocycles. The van der Waals surface area contributed by atoms with Crippen LogP contribution in [-0.4, -0.2) is 40.9 Å². The summed E-state index contributed by atoms with van der Waals surface area (Å²) in [7, 11) is 0. The fourth-order valence-electron chi connectivity index (χ4n) is 5.93. The van der Waals surface area contributed by atoms with Gasteiger partial charge in [-0.2, -0.15) is 0 Å². The number of phenolic OH excluding ortho intramolecular Hbond substituents is 2. The molecule has 0 radical (unpaired) electrons. The number of quaternary nitrogens is 1. The van der Waals surface area contributed by atoms with E-state index in [-0.39, 0.29) is 5.41 Å². The van der Waals surface area contributed by atoms with E-state index >= 15 is 0 Å². The molecule has 2 saturated heterocycles. The summed E-state index contributed by atoms with van der Waals surface area (Å²) in [5, 5.41) is 20.7. The third kappa shape index (κ3) is 3.44. The molecule has 0 amide bonds. The van der Waals surface area contributed by atoms with E-state index in [9.17, 15) is 10.2 Å². The van der Waals surface area contributed by atoms with Gasteiger partial charge in [0.05, 0.1) is 26.2 Å². The number of rotatable bonds is 2. The zero-order valence-corrected chi connectivity index (χ0v) is 18.5. The topological polar surface area (TPSA) is 40.5 Å². The van der Waals surface area contributed by atoms with Crippen LogP contribution < -0.4 is 0 Å². The summed E-state index contributed by atoms with van der Waals surface area (Å²) < 4.78 is 1.29. The van der Waals surface area contributed by atoms with Crippen LogP contribution in [0.2, 0.25) is 0 Å². The zero-order valence-electron chi connectivity index (χ0n) is 18.5. The van der Waals surface area contributed by atoms with Gasteiger partial charge in [0.1, 0.15) is 11.5 Å². The maximum absolute atomic E-state index is 10.4. The van der Waals surface area contributed by atoms with Crippen LogP contribution in [0, 0.1) is 27.7 Å². The molecule has 0 atom stereocenters. The van der Waals surface area contributed by atoms with Crippen LogP contribution in [0.1, 0.15) is 65.5 Å². The molecule has 2 aromatic carbocycles. The monoisotopic (exact) mass is 394 g/mol. The van der Waals surface area contributed by atoms with Crippen molar-refractivity contribution >= 4 is 0 Å². The van der Waals surface area contributed by atoms with Gasteiger partial charge >= 0.3 is 0 Å². The summed E-state index contributed by atoms with van der Waals surface area (Å²) in [5.74, 6) is 0.828. The minimum Gasteiger partial charge on any atom is -0.507 e. The van der Waals surface area contributed by atoms with Crippen LogP contribution in [0.3, 0.4) is 0 Å². The van der Waals surface area contributed by atoms with Crippen LogP contribution in [-0.2, 0) is 5.41 Å². The Labute approximate surface area is 175 Å². The number of piperidine rings is 2. The Bertz CT molecular complexity index is 809. The Morgan fingerprint density at radius 1 is 0.621 bits per heavy atom. The standard InChI is InChI=1S/C26H35NO2/c1-18-14-22(15-19(2)24(18)28)26(23-16-20(3)25(29)21(4)17-23)8-12-27(13-9-26)10-6-5-7-11-27/h14-17H,5-13H2,1-4H3,(H-,28,29)/p+1. The van der Waals surface area contributed by atoms with E-state index in [1.165, 1.54) is 61.1 Å². The average Bonchev–Trinajstić information content (AvgIpc) is 2.71. The Hall–Kier alpha value is -2.00. The third-order valence-electron chi connectivity index (χ3n) is 7.88. The van der Waals surface area contributed by atoms with E-state index in [1.807, 2.05) is 27.7 Å². The Morgan fingerprint density at radius 2 is 1.00 bits per heavy atom. The lowest BCUT2D eigenvalue weighted by Crippen LogP contribution is -2.58. The average molecular weight is 395 g/mol. The van der Waals surface area contributed by atoms with Crippen molar-refractivity contribution in [1.29, 1.82) is 0 Å². The zero-order chi connectivity index (χ0) is 20.8. The normalized spacial score (nSPS) is 20.7. The molecule has 156 valence electrons. The molecular weight excluding hydrogens is 358 g/mol. The molecule has 0 aliphatic carbocycles. The van der Waals surface area contributed by atoms with Crippen LogP contribution in [0.5, 0.6) is 11.5 Å². The molecule has 0 aromatic heterocycles. The first-order valence-electron chi connectivity index (χ1n) is 11.2. The first-order valence-corrected chi connectivity index (χ1v) is 11.2. The van der Waals surface area contributed by atoms with Gasteiger partial charge in [-0.3, -0.25) is 0 Å². The molecule has 2 aliphatic rings. The molecular formula is C26H36NO2+. The fraction of sp³-hybridized carbons (Fsp3) is 0.538. The summed E-state index contributed by atoms with van der Waals surface area (Å²) in [6, 6.07) is 8.80. The SMILES string of the molecule is Cc1cc(C2(c3cc(C)c(O)c(C)c3)CC[N+]3(CCCCC3)CC2)cc(C)c1O. The highest BCUT2D eigenvalue weighted by Gasteiger charge is 2.45. The number of hydrogen-bond donors (Lipinski definition) is 2. The van der Waals surface area contributed by atoms with Gasteiger partial charge in [-0.15, -0.1) is 0 Å². The van der Waals surface area contributed by atoms with Gasteiger partial charge in [-0.25, -0.2) is 0 Å². The van der Waals surface area contributed by atoms with E-state index in [1.54, 1.807) is 0 Å². The number of phenols is 2. The van der Waals surface area contributed by atoms with Gasteiger partial charge in [0.25, 0.3) is 0 Å². The second kappa shape index (κ2) is 7.36. The quantitative estimate of drug-likeness (QED) is 0.669. The second-order valence-corrected chi connectivity index (χ2v) is 9.80. The summed E-state index contributed by atoms with van der Waals surface area (Å²) in [4.78, 5) is 0. The van der Waals surface area contributed by atoms with Crippen LogP contribution in [0.15, 0.2) is 24.3 Å². The van der Waals surface area contributed by atoms with Crippen molar-refractivity contribution in [1.82, 2.24) is 0 Å². The highest BCUT2D eigenvalue weighted by Crippen LogP contribution is 2.47. The Kier molecular flexibility index (Phi) is 5.14. The molecule has 0 bridgehead atoms. The smallest absolute Gasteiger partial charge is 0.121 e. The third-order valence-corrected chi connectivity index (χ3v) is 7.88. The van der Waals surface area contributed by atoms with Gasteiger partial charge < -0.3 is 14.7 Å². The maximum Gasteiger partial charge on any atom is 0.121 e. The summed E-state index contributed by atoms with van der Waals surface area (Å²) in [5.41, 5.74) is 6.43. The van der Waals surface area contributed by atoms with Gasteiger partial charge in [0.15, 0.2) is 0 Å². The van der Waals surface area contributed by atoms with Crippen molar-refractivity contribution in [2.45, 2.75) is 65.2 Å². The Morgan fingerprint density at radius 3 is 1.38 bits per heavy atom. The predicted octanol–water partition coefficient (Wildman–Crippen LogP) is 5.41. The molecule has 2 aromatic rings. The lowest BCUT2D eigenvalue weighted by Gasteiger charge is -2.51. The van der Waals surface area contributed by atoms with Gasteiger partial charge in [0.2, 0.25) is 0 Å². The first kappa shape index (κ1) is 20.3. The summed E-state index contributed by atoms with van der Waals surface area (Å²) >= 11 is 0. The summed E-state index contributed by atoms with van der Waals surface area (Å²) in [6.07, 6.45) is 6.36. The number of aryl methyl sites for hydroxylation is 4. The second-order valence-electron chi connectivity index (χ2n) is 9.80. The van der Waals surface area contributed by atoms with E-state index in [0.29, 0.717) is 11.5 Å². The fourth-order valence-corrected chi connectivity index (χ4v) is 5.93.